The van der Waals surface area contributed by atoms with Gasteiger partial charge in [0.25, 0.3) is 0 Å². The number of carbonyl (C=O) groups excluding carboxylic acids is 2. The van der Waals surface area contributed by atoms with Gasteiger partial charge in [-0.2, -0.15) is 0 Å². The second-order valence-corrected chi connectivity index (χ2v) is 5.63. The normalized spacial score (nSPS) is 14.7. The third-order valence-electron chi connectivity index (χ3n) is 2.46. The van der Waals surface area contributed by atoms with Crippen molar-refractivity contribution in [1.82, 2.24) is 10.2 Å². The van der Waals surface area contributed by atoms with E-state index in [0.29, 0.717) is 18.8 Å². The number of halogens is 1. The van der Waals surface area contributed by atoms with E-state index in [4.69, 9.17) is 5.73 Å². The summed E-state index contributed by atoms with van der Waals surface area (Å²) in [5.74, 6) is 0.0503. The first-order chi connectivity index (χ1) is 8.58. The van der Waals surface area contributed by atoms with Gasteiger partial charge in [0.15, 0.2) is 0 Å². The summed E-state index contributed by atoms with van der Waals surface area (Å²) >= 11 is 4.77. The molecule has 0 aliphatic carbocycles. The Morgan fingerprint density at radius 2 is 2.33 bits per heavy atom. The van der Waals surface area contributed by atoms with Crippen molar-refractivity contribution in [3.63, 3.8) is 0 Å². The molecule has 1 aromatic carbocycles. The number of nitrogens with one attached hydrogen (secondary N) is 1. The number of anilines is 1. The Bertz CT molecular complexity index is 495. The van der Waals surface area contributed by atoms with Crippen molar-refractivity contribution in [3.8, 4) is 0 Å². The lowest BCUT2D eigenvalue weighted by Crippen LogP contribution is -2.35. The summed E-state index contributed by atoms with van der Waals surface area (Å²) < 4.78 is 0.853. The summed E-state index contributed by atoms with van der Waals surface area (Å²) in [4.78, 5) is 25.3. The molecule has 0 bridgehead atoms. The highest BCUT2D eigenvalue weighted by molar-refractivity contribution is 9.10. The van der Waals surface area contributed by atoms with Gasteiger partial charge in [0, 0.05) is 28.1 Å². The van der Waals surface area contributed by atoms with Gasteiger partial charge in [-0.25, -0.2) is 4.79 Å². The van der Waals surface area contributed by atoms with Gasteiger partial charge in [-0.05, 0) is 34.1 Å². The Kier molecular flexibility index (Phi) is 4.13. The molecule has 3 N–H and O–H groups in total. The number of rotatable bonds is 3. The minimum absolute atomic E-state index is 0.182. The first-order valence-corrected chi connectivity index (χ1v) is 7.12. The predicted octanol–water partition coefficient (Wildman–Crippen LogP) is 1.68. The molecule has 0 aromatic heterocycles. The summed E-state index contributed by atoms with van der Waals surface area (Å²) in [5, 5.41) is 2.60. The topological polar surface area (TPSA) is 75.4 Å². The molecule has 1 saturated heterocycles. The van der Waals surface area contributed by atoms with E-state index in [9.17, 15) is 9.59 Å². The third-order valence-corrected chi connectivity index (χ3v) is 4.44. The molecule has 0 atom stereocenters. The Hall–Kier alpha value is -1.21. The maximum absolute atomic E-state index is 11.8. The number of thioether (sulfide) groups is 1. The molecule has 0 saturated carbocycles. The van der Waals surface area contributed by atoms with E-state index in [1.165, 1.54) is 16.7 Å². The van der Waals surface area contributed by atoms with Gasteiger partial charge in [0.2, 0.25) is 5.91 Å². The van der Waals surface area contributed by atoms with Crippen LogP contribution in [0.2, 0.25) is 0 Å². The zero-order valence-corrected chi connectivity index (χ0v) is 11.9. The summed E-state index contributed by atoms with van der Waals surface area (Å²) in [7, 11) is 0. The van der Waals surface area contributed by atoms with Gasteiger partial charge >= 0.3 is 6.03 Å². The quantitative estimate of drug-likeness (QED) is 0.653. The Balaban J connectivity index is 1.95. The predicted molar refractivity (Wildman–Crippen MR) is 74.4 cm³/mol. The highest BCUT2D eigenvalue weighted by Gasteiger charge is 2.25. The zero-order chi connectivity index (χ0) is 13.1. The van der Waals surface area contributed by atoms with E-state index in [0.717, 1.165) is 9.37 Å². The Morgan fingerprint density at radius 1 is 1.56 bits per heavy atom. The summed E-state index contributed by atoms with van der Waals surface area (Å²) in [6.07, 6.45) is 0. The molecule has 5 nitrogen and oxygen atoms in total. The minimum atomic E-state index is -0.308. The molecule has 0 spiro atoms. The van der Waals surface area contributed by atoms with E-state index in [1.807, 2.05) is 6.07 Å². The monoisotopic (exact) mass is 329 g/mol. The van der Waals surface area contributed by atoms with Crippen LogP contribution in [0.25, 0.3) is 0 Å². The van der Waals surface area contributed by atoms with Crippen LogP contribution in [0.15, 0.2) is 27.6 Å². The molecular formula is C11H12BrN3O2S. The van der Waals surface area contributed by atoms with Crippen molar-refractivity contribution >= 4 is 45.3 Å². The van der Waals surface area contributed by atoms with Crippen LogP contribution in [0.3, 0.4) is 0 Å². The van der Waals surface area contributed by atoms with E-state index in [1.54, 1.807) is 12.1 Å². The molecule has 7 heteroatoms. The Labute approximate surface area is 117 Å². The first-order valence-electron chi connectivity index (χ1n) is 5.34. The molecule has 1 fully saturated rings. The number of amides is 3. The SMILES string of the molecule is Nc1ccc(SCC(=O)N2CCNC2=O)c(Br)c1. The summed E-state index contributed by atoms with van der Waals surface area (Å²) in [6.45, 7) is 0.974. The van der Waals surface area contributed by atoms with E-state index in [2.05, 4.69) is 21.2 Å². The van der Waals surface area contributed by atoms with E-state index < -0.39 is 0 Å². The molecule has 1 heterocycles. The fourth-order valence-corrected chi connectivity index (χ4v) is 3.10. The standard InChI is InChI=1S/C11H12BrN3O2S/c12-8-5-7(13)1-2-9(8)18-6-10(16)15-4-3-14-11(15)17/h1-2,5H,3-4,6,13H2,(H,14,17). The average molecular weight is 330 g/mol. The number of carbonyl (C=O) groups is 2. The van der Waals surface area contributed by atoms with Crippen LogP contribution in [-0.2, 0) is 4.79 Å². The molecule has 96 valence electrons. The van der Waals surface area contributed by atoms with Gasteiger partial charge in [0.1, 0.15) is 0 Å². The molecular weight excluding hydrogens is 318 g/mol. The molecule has 1 aliphatic rings. The van der Waals surface area contributed by atoms with Gasteiger partial charge in [-0.1, -0.05) is 0 Å². The van der Waals surface area contributed by atoms with E-state index >= 15 is 0 Å². The number of urea groups is 1. The lowest BCUT2D eigenvalue weighted by Gasteiger charge is -2.12. The molecule has 1 aliphatic heterocycles. The largest absolute Gasteiger partial charge is 0.399 e. The number of hydrogen-bond acceptors (Lipinski definition) is 4. The average Bonchev–Trinajstić information content (AvgIpc) is 2.74. The van der Waals surface area contributed by atoms with Crippen molar-refractivity contribution in [1.29, 1.82) is 0 Å². The van der Waals surface area contributed by atoms with Crippen molar-refractivity contribution in [2.24, 2.45) is 0 Å². The van der Waals surface area contributed by atoms with Crippen LogP contribution in [0.1, 0.15) is 0 Å². The van der Waals surface area contributed by atoms with Crippen LogP contribution in [-0.4, -0.2) is 35.7 Å². The van der Waals surface area contributed by atoms with Crippen LogP contribution < -0.4 is 11.1 Å². The van der Waals surface area contributed by atoms with Crippen LogP contribution in [0.4, 0.5) is 10.5 Å². The van der Waals surface area contributed by atoms with Gasteiger partial charge in [0.05, 0.1) is 5.75 Å². The number of benzene rings is 1. The van der Waals surface area contributed by atoms with Crippen molar-refractivity contribution in [2.75, 3.05) is 24.6 Å². The first kappa shape index (κ1) is 13.2. The van der Waals surface area contributed by atoms with E-state index in [-0.39, 0.29) is 17.7 Å². The second-order valence-electron chi connectivity index (χ2n) is 3.76. The highest BCUT2D eigenvalue weighted by Crippen LogP contribution is 2.29. The van der Waals surface area contributed by atoms with Crippen molar-refractivity contribution in [3.05, 3.63) is 22.7 Å². The zero-order valence-electron chi connectivity index (χ0n) is 9.48. The highest BCUT2D eigenvalue weighted by atomic mass is 79.9. The number of nitrogen functional groups attached to an aromatic ring is 1. The van der Waals surface area contributed by atoms with Gasteiger partial charge < -0.3 is 11.1 Å². The number of nitrogens with two attached hydrogens (primary N) is 1. The van der Waals surface area contributed by atoms with Crippen LogP contribution in [0.5, 0.6) is 0 Å². The fourth-order valence-electron chi connectivity index (χ4n) is 1.56. The fraction of sp³-hybridized carbons (Fsp3) is 0.273. The van der Waals surface area contributed by atoms with Gasteiger partial charge in [-0.15, -0.1) is 11.8 Å². The third kappa shape index (κ3) is 2.97. The van der Waals surface area contributed by atoms with Crippen molar-refractivity contribution in [2.45, 2.75) is 4.90 Å². The maximum Gasteiger partial charge on any atom is 0.324 e. The smallest absolute Gasteiger partial charge is 0.324 e. The molecule has 2 rings (SSSR count). The summed E-state index contributed by atoms with van der Waals surface area (Å²) in [5.41, 5.74) is 6.30. The lowest BCUT2D eigenvalue weighted by molar-refractivity contribution is -0.124. The summed E-state index contributed by atoms with van der Waals surface area (Å²) in [6, 6.07) is 5.11. The minimum Gasteiger partial charge on any atom is -0.399 e. The molecule has 18 heavy (non-hydrogen) atoms. The number of hydrogen-bond donors (Lipinski definition) is 2. The lowest BCUT2D eigenvalue weighted by atomic mass is 10.3. The molecule has 0 unspecified atom stereocenters. The molecule has 3 amide bonds. The van der Waals surface area contributed by atoms with Crippen molar-refractivity contribution < 1.29 is 9.59 Å². The van der Waals surface area contributed by atoms with Gasteiger partial charge in [-0.3, -0.25) is 9.69 Å². The molecule has 1 aromatic rings. The second kappa shape index (κ2) is 5.62. The maximum atomic E-state index is 11.8. The number of imide groups is 1. The van der Waals surface area contributed by atoms with Crippen LogP contribution >= 0.6 is 27.7 Å². The number of nitrogens with zero attached hydrogens (tertiary/aromatic N) is 1. The van der Waals surface area contributed by atoms with Crippen LogP contribution in [0, 0.1) is 0 Å². The Morgan fingerprint density at radius 3 is 2.94 bits per heavy atom. The molecule has 0 radical (unpaired) electrons.